The van der Waals surface area contributed by atoms with Crippen molar-refractivity contribution in [1.82, 2.24) is 10.5 Å². The molecule has 0 spiro atoms. The summed E-state index contributed by atoms with van der Waals surface area (Å²) >= 11 is 0. The molecule has 0 saturated carbocycles. The highest BCUT2D eigenvalue weighted by Gasteiger charge is 2.26. The lowest BCUT2D eigenvalue weighted by Crippen LogP contribution is -2.35. The molecule has 192 valence electrons. The molecule has 1 amide bonds. The van der Waals surface area contributed by atoms with Gasteiger partial charge in [0.15, 0.2) is 5.78 Å². The molecule has 0 fully saturated rings. The first-order valence-corrected chi connectivity index (χ1v) is 11.5. The number of aromatic nitrogens is 1. The Labute approximate surface area is 208 Å². The molecule has 0 aliphatic heterocycles. The van der Waals surface area contributed by atoms with Crippen LogP contribution in [0.5, 0.6) is 0 Å². The lowest BCUT2D eigenvalue weighted by molar-refractivity contribution is -0.127. The second kappa shape index (κ2) is 11.9. The fraction of sp³-hybridized carbons (Fsp3) is 0.370. The van der Waals surface area contributed by atoms with E-state index >= 15 is 0 Å². The van der Waals surface area contributed by atoms with Crippen LogP contribution in [0.15, 0.2) is 57.8 Å². The van der Waals surface area contributed by atoms with Gasteiger partial charge < -0.3 is 19.3 Å². The number of carbonyl (C=O) groups excluding carboxylic acids is 2. The Hall–Kier alpha value is -3.56. The number of H-pyrrole nitrogens is 1. The summed E-state index contributed by atoms with van der Waals surface area (Å²) in [6, 6.07) is 12.0. The maximum Gasteiger partial charge on any atom is 0.280 e. The van der Waals surface area contributed by atoms with Crippen LogP contribution in [0, 0.1) is 5.82 Å². The van der Waals surface area contributed by atoms with Crippen LogP contribution < -0.4 is 10.9 Å². The van der Waals surface area contributed by atoms with Gasteiger partial charge in [0.2, 0.25) is 5.91 Å². The highest BCUT2D eigenvalue weighted by Crippen LogP contribution is 2.27. The van der Waals surface area contributed by atoms with Gasteiger partial charge in [0.25, 0.3) is 5.56 Å². The Morgan fingerprint density at radius 3 is 2.31 bits per heavy atom. The van der Waals surface area contributed by atoms with Gasteiger partial charge in [0.05, 0.1) is 19.6 Å². The fourth-order valence-corrected chi connectivity index (χ4v) is 4.06. The third kappa shape index (κ3) is 6.99. The zero-order valence-electron chi connectivity index (χ0n) is 20.9. The predicted octanol–water partition coefficient (Wildman–Crippen LogP) is 3.39. The first kappa shape index (κ1) is 27.0. The summed E-state index contributed by atoms with van der Waals surface area (Å²) < 4.78 is 30.2. The minimum absolute atomic E-state index is 0.0914. The van der Waals surface area contributed by atoms with E-state index in [0.29, 0.717) is 29.9 Å². The number of methoxy groups -OCH3 is 2. The summed E-state index contributed by atoms with van der Waals surface area (Å²) in [6.07, 6.45) is -0.311. The predicted molar refractivity (Wildman–Crippen MR) is 131 cm³/mol. The summed E-state index contributed by atoms with van der Waals surface area (Å²) in [4.78, 5) is 37.3. The van der Waals surface area contributed by atoms with Gasteiger partial charge in [-0.3, -0.25) is 14.4 Å². The largest absolute Gasteiger partial charge is 0.384 e. The van der Waals surface area contributed by atoms with Gasteiger partial charge in [-0.2, -0.15) is 5.16 Å². The number of hydrogen-bond donors (Lipinski definition) is 2. The maximum absolute atomic E-state index is 14.9. The average Bonchev–Trinajstić information content (AvgIpc) is 3.22. The fourth-order valence-electron chi connectivity index (χ4n) is 4.06. The number of Topliss-reactive ketones (excluding diaryl/α,β-unsaturated/α-hetero) is 1. The molecule has 0 saturated heterocycles. The van der Waals surface area contributed by atoms with E-state index in [4.69, 9.17) is 14.0 Å². The monoisotopic (exact) mass is 498 g/mol. The van der Waals surface area contributed by atoms with Crippen molar-refractivity contribution in [3.05, 3.63) is 92.7 Å². The highest BCUT2D eigenvalue weighted by atomic mass is 19.1. The number of halogens is 1. The SMILES string of the molecule is COCc1ccc(C(NC(=O)Cc2cc(=O)[nH]o2)C(=O)Cc2ccc(C(C)(C)COC)c(F)c2)cc1. The lowest BCUT2D eigenvalue weighted by atomic mass is 9.84. The molecule has 1 unspecified atom stereocenters. The molecule has 2 aromatic carbocycles. The molecule has 0 bridgehead atoms. The van der Waals surface area contributed by atoms with Crippen LogP contribution in [-0.2, 0) is 43.9 Å². The van der Waals surface area contributed by atoms with E-state index in [0.717, 1.165) is 5.56 Å². The minimum atomic E-state index is -0.979. The highest BCUT2D eigenvalue weighted by molar-refractivity contribution is 5.91. The second-order valence-electron chi connectivity index (χ2n) is 9.31. The summed E-state index contributed by atoms with van der Waals surface area (Å²) in [5, 5.41) is 4.85. The van der Waals surface area contributed by atoms with Crippen molar-refractivity contribution in [1.29, 1.82) is 0 Å². The molecular weight excluding hydrogens is 467 g/mol. The van der Waals surface area contributed by atoms with Crippen LogP contribution in [0.2, 0.25) is 0 Å². The van der Waals surface area contributed by atoms with E-state index in [9.17, 15) is 18.8 Å². The molecule has 3 rings (SSSR count). The summed E-state index contributed by atoms with van der Waals surface area (Å²) in [5.41, 5.74) is 1.47. The van der Waals surface area contributed by atoms with Crippen LogP contribution in [0.4, 0.5) is 4.39 Å². The van der Waals surface area contributed by atoms with Gasteiger partial charge in [-0.05, 0) is 28.3 Å². The topological polar surface area (TPSA) is 111 Å². The van der Waals surface area contributed by atoms with Crippen LogP contribution in [0.1, 0.15) is 47.9 Å². The molecule has 9 heteroatoms. The van der Waals surface area contributed by atoms with Gasteiger partial charge in [0, 0.05) is 32.1 Å². The van der Waals surface area contributed by atoms with Crippen molar-refractivity contribution in [3.63, 3.8) is 0 Å². The van der Waals surface area contributed by atoms with E-state index < -0.39 is 28.7 Å². The van der Waals surface area contributed by atoms with Crippen molar-refractivity contribution in [2.75, 3.05) is 20.8 Å². The molecule has 0 aliphatic carbocycles. The van der Waals surface area contributed by atoms with Gasteiger partial charge in [-0.25, -0.2) is 4.39 Å². The van der Waals surface area contributed by atoms with Gasteiger partial charge >= 0.3 is 0 Å². The zero-order valence-corrected chi connectivity index (χ0v) is 20.9. The molecular formula is C27H31FN2O6. The Kier molecular flexibility index (Phi) is 8.95. The molecule has 0 aliphatic rings. The van der Waals surface area contributed by atoms with E-state index in [-0.39, 0.29) is 24.4 Å². The van der Waals surface area contributed by atoms with Gasteiger partial charge in [-0.1, -0.05) is 50.2 Å². The van der Waals surface area contributed by atoms with E-state index in [1.807, 2.05) is 26.0 Å². The number of carbonyl (C=O) groups is 2. The van der Waals surface area contributed by atoms with Crippen molar-refractivity contribution in [3.8, 4) is 0 Å². The van der Waals surface area contributed by atoms with Crippen LogP contribution in [-0.4, -0.2) is 37.7 Å². The van der Waals surface area contributed by atoms with Gasteiger partial charge in [0.1, 0.15) is 17.6 Å². The summed E-state index contributed by atoms with van der Waals surface area (Å²) in [6.45, 7) is 4.51. The minimum Gasteiger partial charge on any atom is -0.384 e. The van der Waals surface area contributed by atoms with Crippen LogP contribution in [0.3, 0.4) is 0 Å². The maximum atomic E-state index is 14.9. The number of ketones is 1. The van der Waals surface area contributed by atoms with E-state index in [1.54, 1.807) is 38.5 Å². The summed E-state index contributed by atoms with van der Waals surface area (Å²) in [7, 11) is 3.15. The molecule has 2 N–H and O–H groups in total. The number of aromatic amines is 1. The van der Waals surface area contributed by atoms with E-state index in [1.165, 1.54) is 12.1 Å². The Bertz CT molecular complexity index is 1250. The number of benzene rings is 2. The number of hydrogen-bond acceptors (Lipinski definition) is 6. The third-order valence-electron chi connectivity index (χ3n) is 5.81. The molecule has 1 atom stereocenters. The molecule has 0 radical (unpaired) electrons. The van der Waals surface area contributed by atoms with Crippen molar-refractivity contribution < 1.29 is 28.0 Å². The molecule has 36 heavy (non-hydrogen) atoms. The molecule has 1 aromatic heterocycles. The molecule has 1 heterocycles. The zero-order chi connectivity index (χ0) is 26.3. The standard InChI is InChI=1S/C27H31FN2O6/c1-27(2,16-35-4)21-10-7-18(11-22(21)28)12-23(31)26(19-8-5-17(6-9-19)15-34-3)29-24(32)13-20-14-25(33)30-36-20/h5-11,14,26H,12-13,15-16H2,1-4H3,(H,29,32)(H,30,33). The number of rotatable bonds is 12. The normalized spacial score (nSPS) is 12.4. The Morgan fingerprint density at radius 1 is 1.03 bits per heavy atom. The van der Waals surface area contributed by atoms with Crippen LogP contribution in [0.25, 0.3) is 0 Å². The molecule has 8 nitrogen and oxygen atoms in total. The summed E-state index contributed by atoms with van der Waals surface area (Å²) in [5.74, 6) is -1.09. The number of nitrogens with one attached hydrogen (secondary N) is 2. The van der Waals surface area contributed by atoms with E-state index in [2.05, 4.69) is 10.5 Å². The smallest absolute Gasteiger partial charge is 0.280 e. The second-order valence-corrected chi connectivity index (χ2v) is 9.31. The third-order valence-corrected chi connectivity index (χ3v) is 5.81. The quantitative estimate of drug-likeness (QED) is 0.396. The number of amides is 1. The van der Waals surface area contributed by atoms with Crippen molar-refractivity contribution in [2.45, 2.75) is 44.8 Å². The van der Waals surface area contributed by atoms with Crippen molar-refractivity contribution >= 4 is 11.7 Å². The average molecular weight is 499 g/mol. The first-order valence-electron chi connectivity index (χ1n) is 11.5. The van der Waals surface area contributed by atoms with Gasteiger partial charge in [-0.15, -0.1) is 0 Å². The number of ether oxygens (including phenoxy) is 2. The van der Waals surface area contributed by atoms with Crippen molar-refractivity contribution in [2.24, 2.45) is 0 Å². The Morgan fingerprint density at radius 2 is 1.72 bits per heavy atom. The first-order chi connectivity index (χ1) is 17.1. The lowest BCUT2D eigenvalue weighted by Gasteiger charge is -2.25. The Balaban J connectivity index is 1.82. The van der Waals surface area contributed by atoms with Crippen LogP contribution >= 0.6 is 0 Å². The molecule has 3 aromatic rings.